The van der Waals surface area contributed by atoms with E-state index in [4.69, 9.17) is 26.0 Å². The van der Waals surface area contributed by atoms with E-state index in [2.05, 4.69) is 28.0 Å². The second kappa shape index (κ2) is 14.1. The lowest BCUT2D eigenvalue weighted by molar-refractivity contribution is -0.143. The zero-order valence-electron chi connectivity index (χ0n) is 21.9. The number of hydrogen-bond acceptors (Lipinski definition) is 6. The van der Waals surface area contributed by atoms with Crippen LogP contribution >= 0.6 is 0 Å². The van der Waals surface area contributed by atoms with E-state index in [1.165, 1.54) is 0 Å². The highest BCUT2D eigenvalue weighted by atomic mass is 16.5. The molecule has 0 aliphatic carbocycles. The van der Waals surface area contributed by atoms with Gasteiger partial charge in [0.15, 0.2) is 0 Å². The van der Waals surface area contributed by atoms with Crippen molar-refractivity contribution < 1.29 is 14.3 Å². The maximum absolute atomic E-state index is 11.8. The largest absolute Gasteiger partial charge is 0.490 e. The number of nitrogen functional groups attached to an aromatic ring is 1. The Morgan fingerprint density at radius 1 is 1.16 bits per heavy atom. The standard InChI is InChI=1S/C29H39N5O3/c1-3-36-28(35)10-6-18-34(17-5-8-23-7-4-9-24(21-23)29(31)32)25-11-13-26(14-12-25)37-27-15-19-33(20-16-27)22(2)30/h4-5,7-9,11-14,21,27,30H,3,6,10,15-20H2,1-2H3,(H3,31,32)/b8-5+,30-22?. The van der Waals surface area contributed by atoms with Crippen molar-refractivity contribution in [2.45, 2.75) is 45.6 Å². The van der Waals surface area contributed by atoms with Crippen LogP contribution in [0.3, 0.4) is 0 Å². The first kappa shape index (κ1) is 27.8. The molecule has 2 aromatic rings. The Morgan fingerprint density at radius 2 is 1.89 bits per heavy atom. The minimum Gasteiger partial charge on any atom is -0.490 e. The van der Waals surface area contributed by atoms with Gasteiger partial charge in [-0.05, 0) is 56.2 Å². The van der Waals surface area contributed by atoms with Crippen molar-refractivity contribution in [1.82, 2.24) is 4.90 Å². The fourth-order valence-corrected chi connectivity index (χ4v) is 4.34. The third-order valence-corrected chi connectivity index (χ3v) is 6.37. The molecule has 0 saturated carbocycles. The maximum atomic E-state index is 11.8. The van der Waals surface area contributed by atoms with Gasteiger partial charge in [-0.25, -0.2) is 0 Å². The quantitative estimate of drug-likeness (QED) is 0.219. The van der Waals surface area contributed by atoms with Crippen molar-refractivity contribution in [3.8, 4) is 5.75 Å². The number of anilines is 1. The zero-order valence-corrected chi connectivity index (χ0v) is 21.9. The van der Waals surface area contributed by atoms with E-state index < -0.39 is 0 Å². The molecule has 1 fully saturated rings. The van der Waals surface area contributed by atoms with Gasteiger partial charge < -0.3 is 25.0 Å². The number of rotatable bonds is 12. The van der Waals surface area contributed by atoms with Crippen molar-refractivity contribution in [2.75, 3.05) is 37.7 Å². The summed E-state index contributed by atoms with van der Waals surface area (Å²) in [7, 11) is 0. The molecule has 198 valence electrons. The Bertz CT molecular complexity index is 1080. The SMILES string of the molecule is CCOC(=O)CCCN(C/C=C/c1cccc(C(=N)N)c1)c1ccc(OC2CCN(C(C)=N)CC2)cc1. The van der Waals surface area contributed by atoms with Crippen molar-refractivity contribution in [3.05, 3.63) is 65.7 Å². The summed E-state index contributed by atoms with van der Waals surface area (Å²) in [6.45, 7) is 7.12. The molecule has 4 N–H and O–H groups in total. The number of piperidine rings is 1. The van der Waals surface area contributed by atoms with Crippen molar-refractivity contribution in [1.29, 1.82) is 10.8 Å². The van der Waals surface area contributed by atoms with Crippen LogP contribution in [0.1, 0.15) is 50.7 Å². The van der Waals surface area contributed by atoms with Gasteiger partial charge in [-0.15, -0.1) is 0 Å². The predicted molar refractivity (Wildman–Crippen MR) is 150 cm³/mol. The van der Waals surface area contributed by atoms with Gasteiger partial charge in [0, 0.05) is 56.7 Å². The van der Waals surface area contributed by atoms with Gasteiger partial charge >= 0.3 is 5.97 Å². The number of likely N-dealkylation sites (tertiary alicyclic amines) is 1. The van der Waals surface area contributed by atoms with E-state index in [9.17, 15) is 4.79 Å². The summed E-state index contributed by atoms with van der Waals surface area (Å²) in [5.41, 5.74) is 8.34. The molecule has 2 aromatic carbocycles. The molecule has 0 amide bonds. The summed E-state index contributed by atoms with van der Waals surface area (Å²) in [6.07, 6.45) is 7.15. The monoisotopic (exact) mass is 505 g/mol. The van der Waals surface area contributed by atoms with Crippen LogP contribution in [0, 0.1) is 10.8 Å². The number of benzene rings is 2. The average Bonchev–Trinajstić information content (AvgIpc) is 2.89. The molecule has 0 aromatic heterocycles. The molecule has 8 nitrogen and oxygen atoms in total. The molecular weight excluding hydrogens is 466 g/mol. The van der Waals surface area contributed by atoms with Gasteiger partial charge in [0.2, 0.25) is 0 Å². The Hall–Kier alpha value is -3.81. The summed E-state index contributed by atoms with van der Waals surface area (Å²) in [5, 5.41) is 15.4. The summed E-state index contributed by atoms with van der Waals surface area (Å²) in [4.78, 5) is 16.1. The first-order chi connectivity index (χ1) is 17.9. The lowest BCUT2D eigenvalue weighted by Crippen LogP contribution is -2.40. The van der Waals surface area contributed by atoms with Gasteiger partial charge in [-0.1, -0.05) is 30.4 Å². The number of nitrogens with two attached hydrogens (primary N) is 1. The van der Waals surface area contributed by atoms with E-state index >= 15 is 0 Å². The summed E-state index contributed by atoms with van der Waals surface area (Å²) >= 11 is 0. The van der Waals surface area contributed by atoms with Gasteiger partial charge in [0.25, 0.3) is 0 Å². The normalized spacial score (nSPS) is 13.9. The minimum absolute atomic E-state index is 0.0496. The first-order valence-corrected chi connectivity index (χ1v) is 12.9. The molecule has 0 bridgehead atoms. The highest BCUT2D eigenvalue weighted by Gasteiger charge is 2.20. The molecule has 1 heterocycles. The van der Waals surface area contributed by atoms with Gasteiger partial charge in [-0.3, -0.25) is 15.6 Å². The molecule has 0 spiro atoms. The number of hydrogen-bond donors (Lipinski definition) is 3. The molecule has 1 aliphatic rings. The second-order valence-electron chi connectivity index (χ2n) is 9.18. The number of ether oxygens (including phenoxy) is 2. The van der Waals surface area contributed by atoms with Crippen LogP contribution < -0.4 is 15.4 Å². The highest BCUT2D eigenvalue weighted by Crippen LogP contribution is 2.24. The van der Waals surface area contributed by atoms with Crippen LogP contribution in [0.5, 0.6) is 5.75 Å². The lowest BCUT2D eigenvalue weighted by atomic mass is 10.1. The number of esters is 1. The third kappa shape index (κ3) is 8.97. The number of carbonyl (C=O) groups excluding carboxylic acids is 1. The maximum Gasteiger partial charge on any atom is 0.305 e. The minimum atomic E-state index is -0.174. The summed E-state index contributed by atoms with van der Waals surface area (Å²) in [6, 6.07) is 15.7. The van der Waals surface area contributed by atoms with Crippen LogP contribution in [-0.2, 0) is 9.53 Å². The predicted octanol–water partition coefficient (Wildman–Crippen LogP) is 4.67. The van der Waals surface area contributed by atoms with E-state index in [0.717, 1.165) is 42.9 Å². The molecule has 0 radical (unpaired) electrons. The average molecular weight is 506 g/mol. The molecule has 3 rings (SSSR count). The Labute approximate surface area is 220 Å². The van der Waals surface area contributed by atoms with E-state index in [-0.39, 0.29) is 17.9 Å². The summed E-state index contributed by atoms with van der Waals surface area (Å²) in [5.74, 6) is 1.34. The third-order valence-electron chi connectivity index (χ3n) is 6.37. The topological polar surface area (TPSA) is 116 Å². The zero-order chi connectivity index (χ0) is 26.6. The highest BCUT2D eigenvalue weighted by molar-refractivity contribution is 5.95. The van der Waals surface area contributed by atoms with Crippen molar-refractivity contribution in [2.24, 2.45) is 5.73 Å². The Kier molecular flexibility index (Phi) is 10.6. The molecular formula is C29H39N5O3. The van der Waals surface area contributed by atoms with E-state index in [0.29, 0.717) is 43.9 Å². The van der Waals surface area contributed by atoms with Crippen LogP contribution in [0.15, 0.2) is 54.6 Å². The fourth-order valence-electron chi connectivity index (χ4n) is 4.34. The van der Waals surface area contributed by atoms with E-state index in [1.807, 2.05) is 56.3 Å². The van der Waals surface area contributed by atoms with Crippen LogP contribution in [0.4, 0.5) is 5.69 Å². The number of carbonyl (C=O) groups is 1. The fraction of sp³-hybridized carbons (Fsp3) is 0.414. The molecule has 0 atom stereocenters. The van der Waals surface area contributed by atoms with Crippen molar-refractivity contribution >= 4 is 29.4 Å². The molecule has 0 unspecified atom stereocenters. The van der Waals surface area contributed by atoms with Crippen LogP contribution in [0.25, 0.3) is 6.08 Å². The smallest absolute Gasteiger partial charge is 0.305 e. The number of amidine groups is 2. The molecule has 1 aliphatic heterocycles. The number of nitrogens with zero attached hydrogens (tertiary/aromatic N) is 2. The van der Waals surface area contributed by atoms with Gasteiger partial charge in [0.1, 0.15) is 17.7 Å². The first-order valence-electron chi connectivity index (χ1n) is 12.9. The Balaban J connectivity index is 1.63. The Morgan fingerprint density at radius 3 is 2.54 bits per heavy atom. The lowest BCUT2D eigenvalue weighted by Gasteiger charge is -2.33. The molecule has 1 saturated heterocycles. The van der Waals surface area contributed by atoms with Gasteiger partial charge in [-0.2, -0.15) is 0 Å². The van der Waals surface area contributed by atoms with E-state index in [1.54, 1.807) is 0 Å². The molecule has 37 heavy (non-hydrogen) atoms. The van der Waals surface area contributed by atoms with Crippen LogP contribution in [0.2, 0.25) is 0 Å². The van der Waals surface area contributed by atoms with Gasteiger partial charge in [0.05, 0.1) is 12.4 Å². The molecule has 8 heteroatoms. The summed E-state index contributed by atoms with van der Waals surface area (Å²) < 4.78 is 11.3. The van der Waals surface area contributed by atoms with Crippen LogP contribution in [-0.4, -0.2) is 61.4 Å². The second-order valence-corrected chi connectivity index (χ2v) is 9.18. The van der Waals surface area contributed by atoms with Crippen molar-refractivity contribution in [3.63, 3.8) is 0 Å². The number of nitrogens with one attached hydrogen (secondary N) is 2.